The lowest BCUT2D eigenvalue weighted by molar-refractivity contribution is 0.0730. The molecule has 0 bridgehead atoms. The Balaban J connectivity index is 1.90. The van der Waals surface area contributed by atoms with E-state index in [1.807, 2.05) is 12.1 Å². The van der Waals surface area contributed by atoms with Crippen molar-refractivity contribution in [3.05, 3.63) is 70.1 Å². The van der Waals surface area contributed by atoms with E-state index in [4.69, 9.17) is 13.9 Å². The number of benzene rings is 2. The highest BCUT2D eigenvalue weighted by molar-refractivity contribution is 5.94. The Labute approximate surface area is 144 Å². The van der Waals surface area contributed by atoms with Crippen molar-refractivity contribution in [2.75, 3.05) is 7.11 Å². The maximum absolute atomic E-state index is 12.3. The van der Waals surface area contributed by atoms with Gasteiger partial charge in [0.1, 0.15) is 22.6 Å². The van der Waals surface area contributed by atoms with E-state index in [1.165, 1.54) is 13.2 Å². The number of esters is 1. The third kappa shape index (κ3) is 3.55. The van der Waals surface area contributed by atoms with E-state index in [1.54, 1.807) is 30.3 Å². The lowest BCUT2D eigenvalue weighted by atomic mass is 10.0. The van der Waals surface area contributed by atoms with Gasteiger partial charge in [-0.1, -0.05) is 26.0 Å². The maximum Gasteiger partial charge on any atom is 0.351 e. The van der Waals surface area contributed by atoms with Gasteiger partial charge in [0, 0.05) is 5.39 Å². The van der Waals surface area contributed by atoms with Gasteiger partial charge in [-0.15, -0.1) is 0 Å². The molecule has 3 aromatic rings. The number of carbonyl (C=O) groups is 1. The molecule has 1 heterocycles. The van der Waals surface area contributed by atoms with E-state index in [0.29, 0.717) is 28.4 Å². The van der Waals surface area contributed by atoms with Gasteiger partial charge < -0.3 is 13.9 Å². The van der Waals surface area contributed by atoms with Crippen LogP contribution in [0.25, 0.3) is 11.0 Å². The predicted octanol–water partition coefficient (Wildman–Crippen LogP) is 4.14. The topological polar surface area (TPSA) is 65.7 Å². The van der Waals surface area contributed by atoms with E-state index < -0.39 is 11.6 Å². The van der Waals surface area contributed by atoms with Gasteiger partial charge in [-0.05, 0) is 47.9 Å². The predicted molar refractivity (Wildman–Crippen MR) is 94.5 cm³/mol. The molecule has 0 N–H and O–H groups in total. The Morgan fingerprint density at radius 1 is 1.00 bits per heavy atom. The second-order valence-corrected chi connectivity index (χ2v) is 5.96. The van der Waals surface area contributed by atoms with Crippen molar-refractivity contribution < 1.29 is 18.7 Å². The van der Waals surface area contributed by atoms with E-state index in [9.17, 15) is 9.59 Å². The zero-order valence-electron chi connectivity index (χ0n) is 14.2. The summed E-state index contributed by atoms with van der Waals surface area (Å²) in [6, 6.07) is 13.6. The lowest BCUT2D eigenvalue weighted by Gasteiger charge is -2.08. The van der Waals surface area contributed by atoms with Crippen molar-refractivity contribution in [1.29, 1.82) is 0 Å². The third-order valence-corrected chi connectivity index (χ3v) is 3.92. The lowest BCUT2D eigenvalue weighted by Crippen LogP contribution is -2.18. The molecular weight excluding hydrogens is 320 g/mol. The van der Waals surface area contributed by atoms with Crippen LogP contribution in [0.2, 0.25) is 0 Å². The molecule has 1 aromatic heterocycles. The van der Waals surface area contributed by atoms with E-state index in [-0.39, 0.29) is 5.56 Å². The smallest absolute Gasteiger partial charge is 0.351 e. The molecular formula is C20H18O5. The first-order valence-corrected chi connectivity index (χ1v) is 7.92. The van der Waals surface area contributed by atoms with Crippen LogP contribution >= 0.6 is 0 Å². The molecule has 3 rings (SSSR count). The Hall–Kier alpha value is -3.08. The summed E-state index contributed by atoms with van der Waals surface area (Å²) in [6.07, 6.45) is 0. The summed E-state index contributed by atoms with van der Waals surface area (Å²) >= 11 is 0. The summed E-state index contributed by atoms with van der Waals surface area (Å²) in [5.74, 6) is 0.604. The number of ether oxygens (including phenoxy) is 2. The van der Waals surface area contributed by atoms with Crippen molar-refractivity contribution in [1.82, 2.24) is 0 Å². The molecule has 0 aliphatic rings. The number of methoxy groups -OCH3 is 1. The summed E-state index contributed by atoms with van der Waals surface area (Å²) in [5.41, 5.74) is 0.621. The monoisotopic (exact) mass is 338 g/mol. The van der Waals surface area contributed by atoms with Crippen LogP contribution in [0.15, 0.2) is 57.7 Å². The molecule has 0 spiro atoms. The summed E-state index contributed by atoms with van der Waals surface area (Å²) < 4.78 is 15.6. The van der Waals surface area contributed by atoms with Crippen LogP contribution in [0.4, 0.5) is 0 Å². The summed E-state index contributed by atoms with van der Waals surface area (Å²) in [7, 11) is 1.54. The molecule has 0 aliphatic carbocycles. The SMILES string of the molecule is COc1ccc2oc(=O)c(C(=O)Oc3ccc(C(C)C)cc3)cc2c1. The Bertz CT molecular complexity index is 968. The summed E-state index contributed by atoms with van der Waals surface area (Å²) in [6.45, 7) is 4.16. The van der Waals surface area contributed by atoms with Crippen LogP contribution in [-0.2, 0) is 0 Å². The van der Waals surface area contributed by atoms with Crippen LogP contribution < -0.4 is 15.1 Å². The first-order valence-electron chi connectivity index (χ1n) is 7.92. The molecule has 25 heavy (non-hydrogen) atoms. The number of fused-ring (bicyclic) bond motifs is 1. The highest BCUT2D eigenvalue weighted by Gasteiger charge is 2.16. The van der Waals surface area contributed by atoms with Gasteiger partial charge in [0.2, 0.25) is 0 Å². The quantitative estimate of drug-likeness (QED) is 0.406. The maximum atomic E-state index is 12.3. The largest absolute Gasteiger partial charge is 0.497 e. The highest BCUT2D eigenvalue weighted by atomic mass is 16.5. The van der Waals surface area contributed by atoms with Gasteiger partial charge >= 0.3 is 11.6 Å². The highest BCUT2D eigenvalue weighted by Crippen LogP contribution is 2.22. The standard InChI is InChI=1S/C20H18O5/c1-12(2)13-4-6-15(7-5-13)24-19(21)17-11-14-10-16(23-3)8-9-18(14)25-20(17)22/h4-12H,1-3H3. The van der Waals surface area contributed by atoms with Gasteiger partial charge in [0.15, 0.2) is 0 Å². The summed E-state index contributed by atoms with van der Waals surface area (Å²) in [5, 5.41) is 0.584. The minimum absolute atomic E-state index is 0.159. The molecule has 0 aliphatic heterocycles. The molecule has 128 valence electrons. The Morgan fingerprint density at radius 3 is 2.32 bits per heavy atom. The van der Waals surface area contributed by atoms with E-state index in [2.05, 4.69) is 13.8 Å². The van der Waals surface area contributed by atoms with Gasteiger partial charge in [0.25, 0.3) is 0 Å². The van der Waals surface area contributed by atoms with Crippen LogP contribution in [0, 0.1) is 0 Å². The fraction of sp³-hybridized carbons (Fsp3) is 0.200. The fourth-order valence-electron chi connectivity index (χ4n) is 2.45. The van der Waals surface area contributed by atoms with Crippen molar-refractivity contribution in [2.45, 2.75) is 19.8 Å². The normalized spacial score (nSPS) is 10.9. The zero-order chi connectivity index (χ0) is 18.0. The van der Waals surface area contributed by atoms with Crippen molar-refractivity contribution in [3.8, 4) is 11.5 Å². The average Bonchev–Trinajstić information content (AvgIpc) is 2.61. The fourth-order valence-corrected chi connectivity index (χ4v) is 2.45. The van der Waals surface area contributed by atoms with Gasteiger partial charge in [-0.2, -0.15) is 0 Å². The number of rotatable bonds is 4. The van der Waals surface area contributed by atoms with Crippen LogP contribution in [0.5, 0.6) is 11.5 Å². The number of hydrogen-bond donors (Lipinski definition) is 0. The molecule has 5 nitrogen and oxygen atoms in total. The van der Waals surface area contributed by atoms with Crippen LogP contribution in [0.1, 0.15) is 35.7 Å². The van der Waals surface area contributed by atoms with Gasteiger partial charge in [0.05, 0.1) is 7.11 Å². The zero-order valence-corrected chi connectivity index (χ0v) is 14.2. The molecule has 0 unspecified atom stereocenters. The Kier molecular flexibility index (Phi) is 4.57. The number of carbonyl (C=O) groups excluding carboxylic acids is 1. The molecule has 2 aromatic carbocycles. The van der Waals surface area contributed by atoms with Crippen molar-refractivity contribution in [3.63, 3.8) is 0 Å². The molecule has 0 atom stereocenters. The van der Waals surface area contributed by atoms with E-state index in [0.717, 1.165) is 5.56 Å². The van der Waals surface area contributed by atoms with Crippen LogP contribution in [0.3, 0.4) is 0 Å². The molecule has 0 fully saturated rings. The number of hydrogen-bond acceptors (Lipinski definition) is 5. The molecule has 0 radical (unpaired) electrons. The minimum atomic E-state index is -0.754. The second-order valence-electron chi connectivity index (χ2n) is 5.96. The molecule has 5 heteroatoms. The first kappa shape index (κ1) is 16.8. The molecule has 0 saturated heterocycles. The van der Waals surface area contributed by atoms with E-state index >= 15 is 0 Å². The first-order chi connectivity index (χ1) is 12.0. The second kappa shape index (κ2) is 6.81. The minimum Gasteiger partial charge on any atom is -0.497 e. The van der Waals surface area contributed by atoms with Gasteiger partial charge in [-0.25, -0.2) is 9.59 Å². The molecule has 0 amide bonds. The molecule has 0 saturated carbocycles. The van der Waals surface area contributed by atoms with Crippen molar-refractivity contribution in [2.24, 2.45) is 0 Å². The van der Waals surface area contributed by atoms with Crippen molar-refractivity contribution >= 4 is 16.9 Å². The third-order valence-electron chi connectivity index (χ3n) is 3.92. The van der Waals surface area contributed by atoms with Gasteiger partial charge in [-0.3, -0.25) is 0 Å². The average molecular weight is 338 g/mol. The summed E-state index contributed by atoms with van der Waals surface area (Å²) in [4.78, 5) is 24.4. The van der Waals surface area contributed by atoms with Crippen LogP contribution in [-0.4, -0.2) is 13.1 Å². The Morgan fingerprint density at radius 2 is 1.68 bits per heavy atom.